The molecule has 0 atom stereocenters. The molecule has 0 aromatic carbocycles. The topological polar surface area (TPSA) is 64.8 Å². The summed E-state index contributed by atoms with van der Waals surface area (Å²) in [6.45, 7) is 3.40. The smallest absolute Gasteiger partial charge is 0.161 e. The highest BCUT2D eigenvalue weighted by Gasteiger charge is 2.20. The van der Waals surface area contributed by atoms with E-state index in [1.165, 1.54) is 31.9 Å². The summed E-state index contributed by atoms with van der Waals surface area (Å²) in [6, 6.07) is 2.46. The van der Waals surface area contributed by atoms with Crippen LogP contribution in [0.25, 0.3) is 0 Å². The van der Waals surface area contributed by atoms with Crippen LogP contribution in [0, 0.1) is 11.3 Å². The molecule has 0 saturated carbocycles. The Morgan fingerprint density at radius 2 is 2.14 bits per heavy atom. The first-order chi connectivity index (χ1) is 10.8. The van der Waals surface area contributed by atoms with Crippen molar-refractivity contribution in [3.8, 4) is 6.07 Å². The van der Waals surface area contributed by atoms with E-state index in [1.54, 1.807) is 11.8 Å². The molecule has 2 heterocycles. The Labute approximate surface area is 132 Å². The zero-order valence-electron chi connectivity index (χ0n) is 13.0. The largest absolute Gasteiger partial charge is 0.366 e. The van der Waals surface area contributed by atoms with Crippen molar-refractivity contribution in [2.45, 2.75) is 44.6 Å². The highest BCUT2D eigenvalue weighted by Crippen LogP contribution is 2.21. The molecule has 116 valence electrons. The molecule has 1 saturated heterocycles. The zero-order valence-corrected chi connectivity index (χ0v) is 13.0. The predicted molar refractivity (Wildman–Crippen MR) is 86.4 cm³/mol. The van der Waals surface area contributed by atoms with Crippen LogP contribution < -0.4 is 5.32 Å². The highest BCUT2D eigenvalue weighted by atomic mass is 15.1. The second kappa shape index (κ2) is 7.37. The van der Waals surface area contributed by atoms with E-state index in [4.69, 9.17) is 5.26 Å². The van der Waals surface area contributed by atoms with Gasteiger partial charge in [0.1, 0.15) is 11.9 Å². The maximum Gasteiger partial charge on any atom is 0.161 e. The minimum atomic E-state index is 0.367. The molecule has 2 aliphatic rings. The summed E-state index contributed by atoms with van der Waals surface area (Å²) in [4.78, 5) is 10.9. The highest BCUT2D eigenvalue weighted by molar-refractivity contribution is 5.35. The minimum absolute atomic E-state index is 0.367. The van der Waals surface area contributed by atoms with Crippen molar-refractivity contribution in [1.29, 1.82) is 5.26 Å². The van der Waals surface area contributed by atoms with Gasteiger partial charge < -0.3 is 5.32 Å². The van der Waals surface area contributed by atoms with E-state index in [2.05, 4.69) is 26.3 Å². The third-order valence-corrected chi connectivity index (χ3v) is 4.50. The average molecular weight is 297 g/mol. The lowest BCUT2D eigenvalue weighted by molar-refractivity contribution is 0.232. The van der Waals surface area contributed by atoms with Crippen LogP contribution in [0.2, 0.25) is 0 Å². The Balaban J connectivity index is 1.47. The molecule has 3 rings (SSSR count). The number of likely N-dealkylation sites (tertiary alicyclic amines) is 1. The van der Waals surface area contributed by atoms with Crippen molar-refractivity contribution in [3.63, 3.8) is 0 Å². The molecule has 22 heavy (non-hydrogen) atoms. The van der Waals surface area contributed by atoms with Crippen LogP contribution in [0.1, 0.15) is 44.2 Å². The van der Waals surface area contributed by atoms with Gasteiger partial charge in [0, 0.05) is 25.7 Å². The van der Waals surface area contributed by atoms with Crippen molar-refractivity contribution in [2.75, 3.05) is 25.0 Å². The number of rotatable bonds is 4. The van der Waals surface area contributed by atoms with E-state index in [0.29, 0.717) is 17.6 Å². The Bertz CT molecular complexity index is 567. The molecule has 0 spiro atoms. The van der Waals surface area contributed by atoms with E-state index < -0.39 is 0 Å². The maximum absolute atomic E-state index is 8.87. The summed E-state index contributed by atoms with van der Waals surface area (Å²) < 4.78 is 0. The fraction of sp³-hybridized carbons (Fsp3) is 0.588. The van der Waals surface area contributed by atoms with Crippen LogP contribution in [0.15, 0.2) is 24.0 Å². The summed E-state index contributed by atoms with van der Waals surface area (Å²) in [7, 11) is 0. The quantitative estimate of drug-likeness (QED) is 0.866. The molecule has 0 radical (unpaired) electrons. The number of allylic oxidation sites excluding steroid dienone is 1. The molecule has 1 aliphatic carbocycles. The van der Waals surface area contributed by atoms with E-state index in [-0.39, 0.29) is 0 Å². The Morgan fingerprint density at radius 3 is 2.86 bits per heavy atom. The van der Waals surface area contributed by atoms with Gasteiger partial charge in [-0.05, 0) is 38.5 Å². The van der Waals surface area contributed by atoms with Crippen molar-refractivity contribution >= 4 is 5.82 Å². The van der Waals surface area contributed by atoms with Gasteiger partial charge >= 0.3 is 0 Å². The minimum Gasteiger partial charge on any atom is -0.366 e. The number of hydrogen-bond donors (Lipinski definition) is 1. The van der Waals surface area contributed by atoms with Gasteiger partial charge in [0.05, 0.1) is 12.4 Å². The van der Waals surface area contributed by atoms with E-state index in [1.807, 2.05) is 6.07 Å². The SMILES string of the molecule is N#Cc1cncc(NC2CCN(CC3=CCCCC3)CC2)n1. The molecule has 0 amide bonds. The van der Waals surface area contributed by atoms with Gasteiger partial charge in [0.25, 0.3) is 0 Å². The third-order valence-electron chi connectivity index (χ3n) is 4.50. The monoisotopic (exact) mass is 297 g/mol. The van der Waals surface area contributed by atoms with Gasteiger partial charge in [-0.2, -0.15) is 5.26 Å². The molecule has 1 aromatic rings. The van der Waals surface area contributed by atoms with Crippen LogP contribution in [-0.2, 0) is 0 Å². The molecule has 0 bridgehead atoms. The van der Waals surface area contributed by atoms with Gasteiger partial charge in [-0.1, -0.05) is 11.6 Å². The Morgan fingerprint density at radius 1 is 1.27 bits per heavy atom. The van der Waals surface area contributed by atoms with E-state index in [9.17, 15) is 0 Å². The lowest BCUT2D eigenvalue weighted by atomic mass is 9.98. The lowest BCUT2D eigenvalue weighted by Gasteiger charge is -2.33. The number of piperidine rings is 1. The van der Waals surface area contributed by atoms with Crippen LogP contribution in [-0.4, -0.2) is 40.5 Å². The molecular weight excluding hydrogens is 274 g/mol. The molecule has 1 fully saturated rings. The molecule has 1 aliphatic heterocycles. The predicted octanol–water partition coefficient (Wildman–Crippen LogP) is 2.72. The number of nitrogens with zero attached hydrogens (tertiary/aromatic N) is 4. The zero-order chi connectivity index (χ0) is 15.2. The molecule has 1 N–H and O–H groups in total. The van der Waals surface area contributed by atoms with Crippen LogP contribution >= 0.6 is 0 Å². The number of hydrogen-bond acceptors (Lipinski definition) is 5. The number of nitrogens with one attached hydrogen (secondary N) is 1. The third kappa shape index (κ3) is 4.05. The normalized spacial score (nSPS) is 20.2. The lowest BCUT2D eigenvalue weighted by Crippen LogP contribution is -2.40. The average Bonchev–Trinajstić information content (AvgIpc) is 2.58. The second-order valence-electron chi connectivity index (χ2n) is 6.20. The number of nitriles is 1. The molecular formula is C17H23N5. The number of aromatic nitrogens is 2. The van der Waals surface area contributed by atoms with Crippen LogP contribution in [0.3, 0.4) is 0 Å². The fourth-order valence-corrected chi connectivity index (χ4v) is 3.27. The van der Waals surface area contributed by atoms with Crippen molar-refractivity contribution in [2.24, 2.45) is 0 Å². The van der Waals surface area contributed by atoms with Crippen molar-refractivity contribution < 1.29 is 0 Å². The van der Waals surface area contributed by atoms with Gasteiger partial charge in [-0.15, -0.1) is 0 Å². The first-order valence-electron chi connectivity index (χ1n) is 8.22. The summed E-state index contributed by atoms with van der Waals surface area (Å²) in [5.41, 5.74) is 2.00. The van der Waals surface area contributed by atoms with Gasteiger partial charge in [0.15, 0.2) is 5.69 Å². The maximum atomic E-state index is 8.87. The van der Waals surface area contributed by atoms with Crippen molar-refractivity contribution in [3.05, 3.63) is 29.7 Å². The molecule has 0 unspecified atom stereocenters. The number of anilines is 1. The first-order valence-corrected chi connectivity index (χ1v) is 8.22. The van der Waals surface area contributed by atoms with Gasteiger partial charge in [-0.25, -0.2) is 4.98 Å². The molecule has 5 nitrogen and oxygen atoms in total. The summed E-state index contributed by atoms with van der Waals surface area (Å²) in [5.74, 6) is 0.715. The van der Waals surface area contributed by atoms with E-state index in [0.717, 1.165) is 32.5 Å². The van der Waals surface area contributed by atoms with E-state index >= 15 is 0 Å². The van der Waals surface area contributed by atoms with Gasteiger partial charge in [-0.3, -0.25) is 9.88 Å². The van der Waals surface area contributed by atoms with Gasteiger partial charge in [0.2, 0.25) is 0 Å². The summed E-state index contributed by atoms with van der Waals surface area (Å²) >= 11 is 0. The van der Waals surface area contributed by atoms with Crippen LogP contribution in [0.4, 0.5) is 5.82 Å². The Kier molecular flexibility index (Phi) is 5.02. The fourth-order valence-electron chi connectivity index (χ4n) is 3.27. The Hall–Kier alpha value is -1.93. The first kappa shape index (κ1) is 15.0. The van der Waals surface area contributed by atoms with Crippen LogP contribution in [0.5, 0.6) is 0 Å². The summed E-state index contributed by atoms with van der Waals surface area (Å²) in [5, 5.41) is 12.3. The molecule has 5 heteroatoms. The summed E-state index contributed by atoms with van der Waals surface area (Å²) in [6.07, 6.45) is 13.1. The second-order valence-corrected chi connectivity index (χ2v) is 6.20. The van der Waals surface area contributed by atoms with Crippen molar-refractivity contribution in [1.82, 2.24) is 14.9 Å². The standard InChI is InChI=1S/C17H23N5/c18-10-16-11-19-12-17(21-16)20-15-6-8-22(9-7-15)13-14-4-2-1-3-5-14/h4,11-12,15H,1-3,5-9,13H2,(H,20,21). The molecule has 1 aromatic heterocycles.